The van der Waals surface area contributed by atoms with Crippen LogP contribution in [0.25, 0.3) is 22.1 Å². The van der Waals surface area contributed by atoms with Crippen molar-refractivity contribution in [2.75, 3.05) is 6.61 Å². The SMILES string of the molecule is C=CCCn1nc2ccc(C(=O)OCC)cc2n1.C=CCCn1nc2ccc(CO)cc2n1. The molecule has 0 fully saturated rings. The molecular weight excluding hydrogens is 420 g/mol. The largest absolute Gasteiger partial charge is 0.462 e. The number of benzene rings is 2. The first kappa shape index (κ1) is 23.8. The summed E-state index contributed by atoms with van der Waals surface area (Å²) in [6.45, 7) is 10.9. The molecule has 2 heterocycles. The third-order valence-electron chi connectivity index (χ3n) is 4.67. The van der Waals surface area contributed by atoms with E-state index in [1.54, 1.807) is 34.7 Å². The highest BCUT2D eigenvalue weighted by atomic mass is 16.5. The Morgan fingerprint density at radius 1 is 0.909 bits per heavy atom. The van der Waals surface area contributed by atoms with Gasteiger partial charge in [0.1, 0.15) is 22.1 Å². The highest BCUT2D eigenvalue weighted by Gasteiger charge is 2.09. The molecule has 9 heteroatoms. The van der Waals surface area contributed by atoms with Crippen LogP contribution < -0.4 is 0 Å². The van der Waals surface area contributed by atoms with Crippen molar-refractivity contribution in [3.8, 4) is 0 Å². The first-order chi connectivity index (χ1) is 16.1. The molecule has 2 aromatic heterocycles. The van der Waals surface area contributed by atoms with Gasteiger partial charge in [-0.15, -0.1) is 13.2 Å². The van der Waals surface area contributed by atoms with Gasteiger partial charge in [-0.1, -0.05) is 18.2 Å². The van der Waals surface area contributed by atoms with Crippen molar-refractivity contribution in [2.45, 2.75) is 39.5 Å². The predicted molar refractivity (Wildman–Crippen MR) is 127 cm³/mol. The second-order valence-corrected chi connectivity index (χ2v) is 7.15. The van der Waals surface area contributed by atoms with Crippen molar-refractivity contribution in [1.82, 2.24) is 30.0 Å². The van der Waals surface area contributed by atoms with E-state index in [-0.39, 0.29) is 12.6 Å². The lowest BCUT2D eigenvalue weighted by Crippen LogP contribution is -2.04. The molecule has 33 heavy (non-hydrogen) atoms. The normalized spacial score (nSPS) is 10.6. The number of aromatic nitrogens is 6. The van der Waals surface area contributed by atoms with Crippen molar-refractivity contribution < 1.29 is 14.6 Å². The number of aliphatic hydroxyl groups is 1. The summed E-state index contributed by atoms with van der Waals surface area (Å²) in [4.78, 5) is 14.8. The highest BCUT2D eigenvalue weighted by molar-refractivity contribution is 5.93. The average molecular weight is 449 g/mol. The molecule has 4 rings (SSSR count). The molecule has 0 aliphatic heterocycles. The number of rotatable bonds is 9. The minimum absolute atomic E-state index is 0.0372. The second kappa shape index (κ2) is 11.7. The predicted octanol–water partition coefficient (Wildman–Crippen LogP) is 3.68. The molecule has 0 saturated carbocycles. The van der Waals surface area contributed by atoms with Crippen LogP contribution in [0.1, 0.15) is 35.7 Å². The van der Waals surface area contributed by atoms with Gasteiger partial charge in [0.15, 0.2) is 0 Å². The zero-order valence-corrected chi connectivity index (χ0v) is 18.7. The maximum Gasteiger partial charge on any atom is 0.338 e. The van der Waals surface area contributed by atoms with Crippen LogP contribution in [0.15, 0.2) is 61.7 Å². The van der Waals surface area contributed by atoms with E-state index in [4.69, 9.17) is 9.84 Å². The van der Waals surface area contributed by atoms with Gasteiger partial charge in [0.2, 0.25) is 0 Å². The van der Waals surface area contributed by atoms with Crippen LogP contribution in [-0.4, -0.2) is 47.7 Å². The van der Waals surface area contributed by atoms with Gasteiger partial charge in [0.25, 0.3) is 0 Å². The Labute approximate surface area is 192 Å². The Bertz CT molecular complexity index is 1240. The first-order valence-electron chi connectivity index (χ1n) is 10.8. The maximum absolute atomic E-state index is 11.6. The van der Waals surface area contributed by atoms with Crippen LogP contribution in [0.2, 0.25) is 0 Å². The summed E-state index contributed by atoms with van der Waals surface area (Å²) in [5.74, 6) is -0.333. The zero-order chi connectivity index (χ0) is 23.6. The molecule has 0 saturated heterocycles. The van der Waals surface area contributed by atoms with Crippen LogP contribution in [0.4, 0.5) is 0 Å². The fraction of sp³-hybridized carbons (Fsp3) is 0.292. The Morgan fingerprint density at radius 3 is 2.00 bits per heavy atom. The van der Waals surface area contributed by atoms with Crippen LogP contribution in [0.3, 0.4) is 0 Å². The van der Waals surface area contributed by atoms with Crippen LogP contribution in [0.5, 0.6) is 0 Å². The monoisotopic (exact) mass is 448 g/mol. The minimum atomic E-state index is -0.333. The summed E-state index contributed by atoms with van der Waals surface area (Å²) in [6.07, 6.45) is 5.32. The van der Waals surface area contributed by atoms with Crippen molar-refractivity contribution in [2.24, 2.45) is 0 Å². The Morgan fingerprint density at radius 2 is 1.45 bits per heavy atom. The number of hydrogen-bond donors (Lipinski definition) is 1. The number of ether oxygens (including phenoxy) is 1. The van der Waals surface area contributed by atoms with Crippen LogP contribution in [-0.2, 0) is 24.4 Å². The van der Waals surface area contributed by atoms with Crippen molar-refractivity contribution >= 4 is 28.0 Å². The summed E-state index contributed by atoms with van der Waals surface area (Å²) in [7, 11) is 0. The molecule has 0 radical (unpaired) electrons. The number of aliphatic hydroxyl groups excluding tert-OH is 1. The van der Waals surface area contributed by atoms with Crippen molar-refractivity contribution in [3.05, 3.63) is 72.8 Å². The van der Waals surface area contributed by atoms with Crippen LogP contribution in [0, 0.1) is 0 Å². The number of esters is 1. The van der Waals surface area contributed by atoms with E-state index in [0.29, 0.717) is 24.2 Å². The third kappa shape index (κ3) is 6.33. The summed E-state index contributed by atoms with van der Waals surface area (Å²) in [6, 6.07) is 10.8. The van der Waals surface area contributed by atoms with Gasteiger partial charge in [0.05, 0.1) is 31.9 Å². The van der Waals surface area contributed by atoms with Crippen LogP contribution >= 0.6 is 0 Å². The Hall–Kier alpha value is -3.85. The highest BCUT2D eigenvalue weighted by Crippen LogP contribution is 2.13. The molecular formula is C24H28N6O3. The van der Waals surface area contributed by atoms with Gasteiger partial charge in [-0.25, -0.2) is 4.79 Å². The lowest BCUT2D eigenvalue weighted by Gasteiger charge is -1.99. The molecule has 2 aromatic carbocycles. The van der Waals surface area contributed by atoms with E-state index < -0.39 is 0 Å². The summed E-state index contributed by atoms with van der Waals surface area (Å²) in [5.41, 5.74) is 4.51. The van der Waals surface area contributed by atoms with Crippen molar-refractivity contribution in [1.29, 1.82) is 0 Å². The molecule has 0 spiro atoms. The molecule has 1 N–H and O–H groups in total. The molecule has 0 amide bonds. The molecule has 172 valence electrons. The van der Waals surface area contributed by atoms with E-state index in [1.165, 1.54) is 0 Å². The molecule has 0 unspecified atom stereocenters. The van der Waals surface area contributed by atoms with Gasteiger partial charge in [-0.3, -0.25) is 0 Å². The van der Waals surface area contributed by atoms with Gasteiger partial charge in [-0.05, 0) is 55.7 Å². The Kier molecular flexibility index (Phi) is 8.43. The number of allylic oxidation sites excluding steroid dienone is 2. The average Bonchev–Trinajstić information content (AvgIpc) is 3.43. The third-order valence-corrected chi connectivity index (χ3v) is 4.67. The number of hydrogen-bond acceptors (Lipinski definition) is 7. The van der Waals surface area contributed by atoms with Gasteiger partial charge < -0.3 is 9.84 Å². The lowest BCUT2D eigenvalue weighted by molar-refractivity contribution is 0.0526. The maximum atomic E-state index is 11.6. The van der Waals surface area contributed by atoms with E-state index in [1.807, 2.05) is 30.4 Å². The smallest absolute Gasteiger partial charge is 0.338 e. The number of fused-ring (bicyclic) bond motifs is 2. The molecule has 0 atom stereocenters. The molecule has 0 aliphatic carbocycles. The standard InChI is InChI=1S/C13H15N3O2.C11H13N3O/c1-3-5-8-16-14-11-7-6-10(9-12(11)15-16)13(17)18-4-2;1-2-3-6-14-12-10-5-4-9(8-15)7-11(10)13-14/h3,6-7,9H,1,4-5,8H2,2H3;2,4-5,7,15H,1,3,6,8H2. The van der Waals surface area contributed by atoms with Gasteiger partial charge >= 0.3 is 5.97 Å². The summed E-state index contributed by atoms with van der Waals surface area (Å²) >= 11 is 0. The van der Waals surface area contributed by atoms with Crippen molar-refractivity contribution in [3.63, 3.8) is 0 Å². The van der Waals surface area contributed by atoms with E-state index in [0.717, 1.165) is 41.5 Å². The number of carbonyl (C=O) groups is 1. The number of carbonyl (C=O) groups excluding carboxylic acids is 1. The minimum Gasteiger partial charge on any atom is -0.462 e. The second-order valence-electron chi connectivity index (χ2n) is 7.15. The fourth-order valence-electron chi connectivity index (χ4n) is 3.02. The molecule has 9 nitrogen and oxygen atoms in total. The fourth-order valence-corrected chi connectivity index (χ4v) is 3.02. The molecule has 0 bridgehead atoms. The van der Waals surface area contributed by atoms with Gasteiger partial charge in [0, 0.05) is 0 Å². The van der Waals surface area contributed by atoms with E-state index in [9.17, 15) is 4.79 Å². The molecule has 0 aliphatic rings. The summed E-state index contributed by atoms with van der Waals surface area (Å²) in [5, 5.41) is 26.2. The number of nitrogens with zero attached hydrogens (tertiary/aromatic N) is 6. The van der Waals surface area contributed by atoms with Gasteiger partial charge in [-0.2, -0.15) is 30.0 Å². The Balaban J connectivity index is 0.000000189. The zero-order valence-electron chi connectivity index (χ0n) is 18.7. The topological polar surface area (TPSA) is 108 Å². The molecule has 4 aromatic rings. The number of aryl methyl sites for hydroxylation is 2. The lowest BCUT2D eigenvalue weighted by atomic mass is 10.2. The van der Waals surface area contributed by atoms with E-state index >= 15 is 0 Å². The van der Waals surface area contributed by atoms with E-state index in [2.05, 4.69) is 33.6 Å². The quantitative estimate of drug-likeness (QED) is 0.307. The first-order valence-corrected chi connectivity index (χ1v) is 10.8. The summed E-state index contributed by atoms with van der Waals surface area (Å²) < 4.78 is 4.94.